The minimum absolute atomic E-state index is 0.0405. The van der Waals surface area contributed by atoms with Crippen LogP contribution in [0, 0.1) is 17.1 Å². The van der Waals surface area contributed by atoms with Gasteiger partial charge >= 0.3 is 0 Å². The van der Waals surface area contributed by atoms with Gasteiger partial charge in [-0.15, -0.1) is 0 Å². The summed E-state index contributed by atoms with van der Waals surface area (Å²) in [6, 6.07) is 2.94. The summed E-state index contributed by atoms with van der Waals surface area (Å²) in [6.45, 7) is 3.24. The standard InChI is InChI=1S/C21H28FN5O5/c1-12(2)19(30)27-17(9-18(24)29)21(32)26-16(8-7-15(28)10-23)20(31)25-11-13-3-5-14(22)6-4-13/h3-6,10,12,16-17,23H,7-9,11H2,1-2H3,(H2,24,29)(H,25,31)(H,26,32)(H,27,30)/t16-,17-/m0/s1. The maximum absolute atomic E-state index is 13.0. The SMILES string of the molecule is CC(C)C(=O)N[C@@H](CC(N)=O)C(=O)N[C@@H](CCC(=O)C=N)C(=O)NCc1ccc(F)cc1. The highest BCUT2D eigenvalue weighted by Gasteiger charge is 2.28. The minimum atomic E-state index is -1.30. The fourth-order valence-corrected chi connectivity index (χ4v) is 2.56. The second-order valence-electron chi connectivity index (χ2n) is 7.44. The highest BCUT2D eigenvalue weighted by Crippen LogP contribution is 2.05. The van der Waals surface area contributed by atoms with Gasteiger partial charge in [-0.05, 0) is 24.1 Å². The molecule has 4 amide bonds. The fourth-order valence-electron chi connectivity index (χ4n) is 2.56. The topological polar surface area (TPSA) is 171 Å². The van der Waals surface area contributed by atoms with Gasteiger partial charge in [0.1, 0.15) is 17.9 Å². The van der Waals surface area contributed by atoms with Gasteiger partial charge in [0.05, 0.1) is 12.6 Å². The molecule has 1 aromatic carbocycles. The van der Waals surface area contributed by atoms with Crippen molar-refractivity contribution < 1.29 is 28.4 Å². The van der Waals surface area contributed by atoms with E-state index in [4.69, 9.17) is 11.1 Å². The molecule has 0 saturated carbocycles. The fraction of sp³-hybridized carbons (Fsp3) is 0.429. The van der Waals surface area contributed by atoms with Crippen LogP contribution < -0.4 is 21.7 Å². The lowest BCUT2D eigenvalue weighted by Gasteiger charge is -2.23. The highest BCUT2D eigenvalue weighted by molar-refractivity contribution is 6.26. The van der Waals surface area contributed by atoms with Crippen molar-refractivity contribution in [1.82, 2.24) is 16.0 Å². The Labute approximate surface area is 185 Å². The first-order valence-corrected chi connectivity index (χ1v) is 9.98. The summed E-state index contributed by atoms with van der Waals surface area (Å²) in [5.41, 5.74) is 5.77. The molecular formula is C21H28FN5O5. The van der Waals surface area contributed by atoms with Gasteiger partial charge in [0, 0.05) is 18.9 Å². The number of nitrogens with one attached hydrogen (secondary N) is 4. The Morgan fingerprint density at radius 3 is 2.12 bits per heavy atom. The Morgan fingerprint density at radius 2 is 1.59 bits per heavy atom. The third-order valence-corrected chi connectivity index (χ3v) is 4.42. The van der Waals surface area contributed by atoms with Crippen LogP contribution in [-0.4, -0.2) is 47.7 Å². The second-order valence-corrected chi connectivity index (χ2v) is 7.44. The smallest absolute Gasteiger partial charge is 0.243 e. The molecule has 10 nitrogen and oxygen atoms in total. The average molecular weight is 449 g/mol. The summed E-state index contributed by atoms with van der Waals surface area (Å²) in [6.07, 6.45) is -0.171. The number of carbonyl (C=O) groups excluding carboxylic acids is 5. The molecule has 0 aliphatic rings. The Kier molecular flexibility index (Phi) is 10.7. The van der Waals surface area contributed by atoms with E-state index in [1.807, 2.05) is 0 Å². The zero-order valence-electron chi connectivity index (χ0n) is 17.9. The van der Waals surface area contributed by atoms with E-state index < -0.39 is 59.7 Å². The van der Waals surface area contributed by atoms with Gasteiger partial charge in [-0.25, -0.2) is 4.39 Å². The van der Waals surface area contributed by atoms with Gasteiger partial charge < -0.3 is 27.1 Å². The molecule has 0 bridgehead atoms. The minimum Gasteiger partial charge on any atom is -0.370 e. The number of amides is 4. The maximum atomic E-state index is 13.0. The van der Waals surface area contributed by atoms with Gasteiger partial charge in [-0.1, -0.05) is 26.0 Å². The van der Waals surface area contributed by atoms with Crippen molar-refractivity contribution in [2.24, 2.45) is 11.7 Å². The molecule has 0 aliphatic heterocycles. The van der Waals surface area contributed by atoms with Gasteiger partial charge in [-0.3, -0.25) is 24.0 Å². The zero-order chi connectivity index (χ0) is 24.3. The largest absolute Gasteiger partial charge is 0.370 e. The average Bonchev–Trinajstić information content (AvgIpc) is 2.74. The first-order valence-electron chi connectivity index (χ1n) is 9.98. The van der Waals surface area contributed by atoms with Crippen LogP contribution in [0.5, 0.6) is 0 Å². The number of halogens is 1. The number of carbonyl (C=O) groups is 5. The van der Waals surface area contributed by atoms with E-state index in [2.05, 4.69) is 16.0 Å². The summed E-state index contributed by atoms with van der Waals surface area (Å²) in [5, 5.41) is 14.4. The zero-order valence-corrected chi connectivity index (χ0v) is 17.9. The number of primary amides is 1. The van der Waals surface area contributed by atoms with Gasteiger partial charge in [0.25, 0.3) is 0 Å². The number of nitrogens with two attached hydrogens (primary N) is 1. The van der Waals surface area contributed by atoms with E-state index >= 15 is 0 Å². The van der Waals surface area contributed by atoms with Crippen LogP contribution in [0.3, 0.4) is 0 Å². The van der Waals surface area contributed by atoms with Gasteiger partial charge in [0.15, 0.2) is 5.78 Å². The molecule has 32 heavy (non-hydrogen) atoms. The molecule has 1 rings (SSSR count). The van der Waals surface area contributed by atoms with Crippen LogP contribution >= 0.6 is 0 Å². The van der Waals surface area contributed by atoms with Crippen molar-refractivity contribution >= 4 is 35.6 Å². The highest BCUT2D eigenvalue weighted by atomic mass is 19.1. The summed E-state index contributed by atoms with van der Waals surface area (Å²) in [5.74, 6) is -4.20. The molecule has 1 aromatic rings. The first-order chi connectivity index (χ1) is 15.0. The van der Waals surface area contributed by atoms with E-state index in [1.54, 1.807) is 13.8 Å². The molecule has 2 atom stereocenters. The van der Waals surface area contributed by atoms with Gasteiger partial charge in [0.2, 0.25) is 23.6 Å². The molecule has 0 fully saturated rings. The van der Waals surface area contributed by atoms with E-state index in [0.717, 1.165) is 0 Å². The second kappa shape index (κ2) is 12.9. The molecule has 11 heteroatoms. The number of hydrogen-bond acceptors (Lipinski definition) is 6. The van der Waals surface area contributed by atoms with E-state index in [-0.39, 0.29) is 19.4 Å². The van der Waals surface area contributed by atoms with Crippen molar-refractivity contribution in [3.63, 3.8) is 0 Å². The summed E-state index contributed by atoms with van der Waals surface area (Å²) < 4.78 is 13.0. The molecule has 0 radical (unpaired) electrons. The molecule has 0 spiro atoms. The lowest BCUT2D eigenvalue weighted by Crippen LogP contribution is -2.55. The number of hydrogen-bond donors (Lipinski definition) is 5. The molecular weight excluding hydrogens is 421 g/mol. The lowest BCUT2D eigenvalue weighted by molar-refractivity contribution is -0.134. The molecule has 0 heterocycles. The van der Waals surface area contributed by atoms with E-state index in [9.17, 15) is 28.4 Å². The van der Waals surface area contributed by atoms with Crippen molar-refractivity contribution in [3.8, 4) is 0 Å². The van der Waals surface area contributed by atoms with Crippen LogP contribution in [0.15, 0.2) is 24.3 Å². The van der Waals surface area contributed by atoms with Gasteiger partial charge in [-0.2, -0.15) is 0 Å². The number of rotatable bonds is 13. The Bertz CT molecular complexity index is 857. The summed E-state index contributed by atoms with van der Waals surface area (Å²) >= 11 is 0. The van der Waals surface area contributed by atoms with E-state index in [1.165, 1.54) is 24.3 Å². The molecule has 174 valence electrons. The van der Waals surface area contributed by atoms with Crippen molar-refractivity contribution in [1.29, 1.82) is 5.41 Å². The van der Waals surface area contributed by atoms with Crippen LogP contribution in [0.25, 0.3) is 0 Å². The molecule has 0 unspecified atom stereocenters. The quantitative estimate of drug-likeness (QED) is 0.265. The number of benzene rings is 1. The monoisotopic (exact) mass is 449 g/mol. The summed E-state index contributed by atoms with van der Waals surface area (Å²) in [7, 11) is 0. The van der Waals surface area contributed by atoms with Crippen LogP contribution in [0.2, 0.25) is 0 Å². The lowest BCUT2D eigenvalue weighted by atomic mass is 10.1. The van der Waals surface area contributed by atoms with Crippen molar-refractivity contribution in [3.05, 3.63) is 35.6 Å². The van der Waals surface area contributed by atoms with Crippen LogP contribution in [-0.2, 0) is 30.5 Å². The first kappa shape index (κ1) is 26.4. The Balaban J connectivity index is 2.91. The number of ketones is 1. The Hall–Kier alpha value is -3.63. The van der Waals surface area contributed by atoms with Crippen molar-refractivity contribution in [2.75, 3.05) is 0 Å². The molecule has 0 saturated heterocycles. The predicted molar refractivity (Wildman–Crippen MR) is 114 cm³/mol. The normalized spacial score (nSPS) is 12.4. The number of Topliss-reactive ketones (excluding diaryl/α,β-unsaturated/α-hetero) is 1. The van der Waals surface area contributed by atoms with Crippen molar-refractivity contribution in [2.45, 2.75) is 51.7 Å². The summed E-state index contributed by atoms with van der Waals surface area (Å²) in [4.78, 5) is 60.1. The van der Waals surface area contributed by atoms with Crippen LogP contribution in [0.1, 0.15) is 38.7 Å². The maximum Gasteiger partial charge on any atom is 0.243 e. The third kappa shape index (κ3) is 9.45. The Morgan fingerprint density at radius 1 is 1.00 bits per heavy atom. The third-order valence-electron chi connectivity index (χ3n) is 4.42. The van der Waals surface area contributed by atoms with Crippen LogP contribution in [0.4, 0.5) is 4.39 Å². The van der Waals surface area contributed by atoms with E-state index in [0.29, 0.717) is 11.8 Å². The predicted octanol–water partition coefficient (Wildman–Crippen LogP) is -0.0582. The molecule has 6 N–H and O–H groups in total. The molecule has 0 aromatic heterocycles. The molecule has 0 aliphatic carbocycles.